The molecule has 6 heteroatoms. The molecule has 22 heavy (non-hydrogen) atoms. The van der Waals surface area contributed by atoms with Gasteiger partial charge in [-0.2, -0.15) is 0 Å². The molecule has 0 aliphatic rings. The van der Waals surface area contributed by atoms with Crippen LogP contribution < -0.4 is 11.3 Å². The molecule has 3 rings (SSSR count). The van der Waals surface area contributed by atoms with Crippen LogP contribution in [-0.2, 0) is 0 Å². The Hall–Kier alpha value is -2.44. The Morgan fingerprint density at radius 3 is 2.59 bits per heavy atom. The molecule has 0 aliphatic carbocycles. The fourth-order valence-corrected chi connectivity index (χ4v) is 2.77. The number of hydrogen-bond acceptors (Lipinski definition) is 3. The highest BCUT2D eigenvalue weighted by Crippen LogP contribution is 2.23. The zero-order valence-corrected chi connectivity index (χ0v) is 13.0. The molecule has 0 saturated heterocycles. The Labute approximate surface area is 134 Å². The number of halogens is 1. The van der Waals surface area contributed by atoms with E-state index in [9.17, 15) is 9.59 Å². The highest BCUT2D eigenvalue weighted by Gasteiger charge is 2.18. The number of nitrogens with one attached hydrogen (secondary N) is 1. The summed E-state index contributed by atoms with van der Waals surface area (Å²) in [5.41, 5.74) is 3.65. The standard InChI is InChI=1S/C16H12BrN3O2/c17-11-5-3-4-10(8-11)16(22)20-9-13(15(21)19-18)12-6-1-2-7-14(12)20/h1-9H,18H2,(H,19,21). The minimum atomic E-state index is -0.433. The van der Waals surface area contributed by atoms with Crippen molar-refractivity contribution in [1.29, 1.82) is 0 Å². The molecule has 3 aromatic rings. The van der Waals surface area contributed by atoms with Crippen molar-refractivity contribution >= 4 is 38.6 Å². The number of carbonyl (C=O) groups is 2. The second-order valence-corrected chi connectivity index (χ2v) is 5.63. The monoisotopic (exact) mass is 357 g/mol. The van der Waals surface area contributed by atoms with Crippen molar-refractivity contribution in [3.05, 3.63) is 70.3 Å². The maximum absolute atomic E-state index is 12.7. The van der Waals surface area contributed by atoms with E-state index in [1.807, 2.05) is 18.2 Å². The Bertz CT molecular complexity index is 886. The van der Waals surface area contributed by atoms with Gasteiger partial charge in [-0.3, -0.25) is 19.6 Å². The Morgan fingerprint density at radius 2 is 1.86 bits per heavy atom. The quantitative estimate of drug-likeness (QED) is 0.420. The summed E-state index contributed by atoms with van der Waals surface area (Å²) >= 11 is 3.35. The molecule has 1 heterocycles. The molecule has 110 valence electrons. The average molecular weight is 358 g/mol. The maximum atomic E-state index is 12.7. The molecule has 0 atom stereocenters. The predicted octanol–water partition coefficient (Wildman–Crippen LogP) is 2.70. The van der Waals surface area contributed by atoms with Crippen molar-refractivity contribution < 1.29 is 9.59 Å². The third-order valence-electron chi connectivity index (χ3n) is 3.38. The van der Waals surface area contributed by atoms with Crippen molar-refractivity contribution in [2.24, 2.45) is 5.84 Å². The Morgan fingerprint density at radius 1 is 1.09 bits per heavy atom. The molecule has 1 amide bonds. The average Bonchev–Trinajstić information content (AvgIpc) is 2.93. The van der Waals surface area contributed by atoms with Gasteiger partial charge in [0.05, 0.1) is 11.1 Å². The van der Waals surface area contributed by atoms with Crippen molar-refractivity contribution in [3.8, 4) is 0 Å². The van der Waals surface area contributed by atoms with Gasteiger partial charge in [0.1, 0.15) is 0 Å². The number of amides is 1. The van der Waals surface area contributed by atoms with Gasteiger partial charge in [0.15, 0.2) is 0 Å². The van der Waals surface area contributed by atoms with Crippen molar-refractivity contribution in [3.63, 3.8) is 0 Å². The minimum Gasteiger partial charge on any atom is -0.290 e. The fourth-order valence-electron chi connectivity index (χ4n) is 2.37. The van der Waals surface area contributed by atoms with Gasteiger partial charge >= 0.3 is 0 Å². The molecule has 0 fully saturated rings. The third-order valence-corrected chi connectivity index (χ3v) is 3.87. The number of rotatable bonds is 2. The summed E-state index contributed by atoms with van der Waals surface area (Å²) in [6.45, 7) is 0. The lowest BCUT2D eigenvalue weighted by Crippen LogP contribution is -2.29. The Kier molecular flexibility index (Phi) is 3.79. The fraction of sp³-hybridized carbons (Fsp3) is 0. The van der Waals surface area contributed by atoms with E-state index >= 15 is 0 Å². The van der Waals surface area contributed by atoms with Crippen molar-refractivity contribution in [2.75, 3.05) is 0 Å². The number of hydrazine groups is 1. The van der Waals surface area contributed by atoms with E-state index < -0.39 is 5.91 Å². The highest BCUT2D eigenvalue weighted by molar-refractivity contribution is 9.10. The lowest BCUT2D eigenvalue weighted by molar-refractivity contribution is 0.0955. The van der Waals surface area contributed by atoms with Crippen LogP contribution in [0.2, 0.25) is 0 Å². The van der Waals surface area contributed by atoms with E-state index in [0.29, 0.717) is 22.0 Å². The van der Waals surface area contributed by atoms with E-state index in [2.05, 4.69) is 21.4 Å². The molecule has 5 nitrogen and oxygen atoms in total. The molecule has 0 bridgehead atoms. The second kappa shape index (κ2) is 5.75. The molecule has 0 radical (unpaired) electrons. The second-order valence-electron chi connectivity index (χ2n) is 4.72. The number of fused-ring (bicyclic) bond motifs is 1. The lowest BCUT2D eigenvalue weighted by Gasteiger charge is -2.04. The number of carbonyl (C=O) groups excluding carboxylic acids is 2. The van der Waals surface area contributed by atoms with Gasteiger partial charge in [0, 0.05) is 21.6 Å². The number of nitrogen functional groups attached to an aromatic ring is 1. The summed E-state index contributed by atoms with van der Waals surface area (Å²) in [5.74, 6) is 4.56. The van der Waals surface area contributed by atoms with Crippen molar-refractivity contribution in [1.82, 2.24) is 9.99 Å². The lowest BCUT2D eigenvalue weighted by atomic mass is 10.1. The first kappa shape index (κ1) is 14.5. The molecular formula is C16H12BrN3O2. The first-order valence-electron chi connectivity index (χ1n) is 6.53. The molecule has 0 spiro atoms. The number of hydrogen-bond donors (Lipinski definition) is 2. The SMILES string of the molecule is NNC(=O)c1cn(C(=O)c2cccc(Br)c2)c2ccccc12. The van der Waals surface area contributed by atoms with Crippen LogP contribution in [0.5, 0.6) is 0 Å². The molecule has 0 unspecified atom stereocenters. The number of benzene rings is 2. The van der Waals surface area contributed by atoms with Gasteiger partial charge in [0.25, 0.3) is 11.8 Å². The van der Waals surface area contributed by atoms with Crippen LogP contribution in [0.4, 0.5) is 0 Å². The summed E-state index contributed by atoms with van der Waals surface area (Å²) in [7, 11) is 0. The normalized spacial score (nSPS) is 10.6. The van der Waals surface area contributed by atoms with Crippen LogP contribution in [0.15, 0.2) is 59.2 Å². The van der Waals surface area contributed by atoms with Gasteiger partial charge in [-0.15, -0.1) is 0 Å². The molecular weight excluding hydrogens is 346 g/mol. The predicted molar refractivity (Wildman–Crippen MR) is 87.5 cm³/mol. The minimum absolute atomic E-state index is 0.214. The van der Waals surface area contributed by atoms with Crippen molar-refractivity contribution in [2.45, 2.75) is 0 Å². The van der Waals surface area contributed by atoms with Gasteiger partial charge in [-0.1, -0.05) is 40.2 Å². The smallest absolute Gasteiger partial charge is 0.267 e. The highest BCUT2D eigenvalue weighted by atomic mass is 79.9. The van der Waals surface area contributed by atoms with Gasteiger partial charge in [-0.05, 0) is 24.3 Å². The molecule has 2 aromatic carbocycles. The zero-order chi connectivity index (χ0) is 15.7. The van der Waals surface area contributed by atoms with Crippen LogP contribution in [0.1, 0.15) is 20.7 Å². The number of nitrogens with zero attached hydrogens (tertiary/aromatic N) is 1. The van der Waals surface area contributed by atoms with Gasteiger partial charge < -0.3 is 0 Å². The summed E-state index contributed by atoms with van der Waals surface area (Å²) in [5, 5.41) is 0.675. The summed E-state index contributed by atoms with van der Waals surface area (Å²) in [6, 6.07) is 14.3. The molecule has 0 saturated carbocycles. The molecule has 0 aliphatic heterocycles. The van der Waals surface area contributed by atoms with E-state index in [4.69, 9.17) is 5.84 Å². The first-order valence-corrected chi connectivity index (χ1v) is 7.32. The number of aromatic nitrogens is 1. The van der Waals surface area contributed by atoms with E-state index in [0.717, 1.165) is 4.47 Å². The van der Waals surface area contributed by atoms with Crippen LogP contribution >= 0.6 is 15.9 Å². The Balaban J connectivity index is 2.19. The number of nitrogens with two attached hydrogens (primary N) is 1. The summed E-state index contributed by atoms with van der Waals surface area (Å²) < 4.78 is 2.27. The summed E-state index contributed by atoms with van der Waals surface area (Å²) in [6.07, 6.45) is 1.51. The maximum Gasteiger partial charge on any atom is 0.267 e. The van der Waals surface area contributed by atoms with E-state index in [1.54, 1.807) is 30.3 Å². The van der Waals surface area contributed by atoms with E-state index in [1.165, 1.54) is 10.8 Å². The number of para-hydroxylation sites is 1. The van der Waals surface area contributed by atoms with Gasteiger partial charge in [-0.25, -0.2) is 5.84 Å². The van der Waals surface area contributed by atoms with Crippen LogP contribution in [0, 0.1) is 0 Å². The largest absolute Gasteiger partial charge is 0.290 e. The van der Waals surface area contributed by atoms with Gasteiger partial charge in [0.2, 0.25) is 0 Å². The zero-order valence-electron chi connectivity index (χ0n) is 11.4. The van der Waals surface area contributed by atoms with Crippen LogP contribution in [0.25, 0.3) is 10.9 Å². The van der Waals surface area contributed by atoms with Crippen LogP contribution in [0.3, 0.4) is 0 Å². The molecule has 3 N–H and O–H groups in total. The summed E-state index contributed by atoms with van der Waals surface area (Å²) in [4.78, 5) is 24.6. The molecule has 1 aromatic heterocycles. The topological polar surface area (TPSA) is 77.1 Å². The van der Waals surface area contributed by atoms with Crippen LogP contribution in [-0.4, -0.2) is 16.4 Å². The van der Waals surface area contributed by atoms with E-state index in [-0.39, 0.29) is 5.91 Å². The first-order chi connectivity index (χ1) is 10.6. The third kappa shape index (κ3) is 2.43.